The Hall–Kier alpha value is -0.750. The molecule has 1 heterocycles. The van der Waals surface area contributed by atoms with E-state index < -0.39 is 0 Å². The Balaban J connectivity index is 0.000000202. The number of hydrogen-bond donors (Lipinski definition) is 0. The lowest BCUT2D eigenvalue weighted by molar-refractivity contribution is 0.579. The van der Waals surface area contributed by atoms with Crippen LogP contribution in [0.3, 0.4) is 0 Å². The van der Waals surface area contributed by atoms with Gasteiger partial charge in [0.2, 0.25) is 0 Å². The van der Waals surface area contributed by atoms with Gasteiger partial charge in [-0.05, 0) is 32.9 Å². The molecule has 0 amide bonds. The summed E-state index contributed by atoms with van der Waals surface area (Å²) in [5.41, 5.74) is 0. The maximum Gasteiger partial charge on any atom is 0.161 e. The summed E-state index contributed by atoms with van der Waals surface area (Å²) in [6.07, 6.45) is 3.50. The van der Waals surface area contributed by atoms with E-state index in [4.69, 9.17) is 0 Å². The average Bonchev–Trinajstić information content (AvgIpc) is 2.07. The van der Waals surface area contributed by atoms with Crippen molar-refractivity contribution in [2.24, 2.45) is 0 Å². The van der Waals surface area contributed by atoms with Crippen molar-refractivity contribution in [3.63, 3.8) is 0 Å². The molecule has 0 fully saturated rings. The highest BCUT2D eigenvalue weighted by Gasteiger charge is 2.06. The van der Waals surface area contributed by atoms with Crippen LogP contribution in [0.4, 0.5) is 0 Å². The van der Waals surface area contributed by atoms with E-state index in [1.165, 1.54) is 0 Å². The van der Waals surface area contributed by atoms with Crippen LogP contribution in [0.2, 0.25) is 0 Å². The van der Waals surface area contributed by atoms with Gasteiger partial charge in [-0.2, -0.15) is 0 Å². The van der Waals surface area contributed by atoms with Crippen molar-refractivity contribution in [3.8, 4) is 0 Å². The Kier molecular flexibility index (Phi) is 5.48. The molecule has 1 aromatic heterocycles. The molecule has 0 aliphatic carbocycles. The fourth-order valence-electron chi connectivity index (χ4n) is 0.313. The normalized spacial score (nSPS) is 10.2. The third kappa shape index (κ3) is 9.25. The minimum absolute atomic E-state index is 0.0417. The Labute approximate surface area is 75.2 Å². The topological polar surface area (TPSA) is 30.0 Å². The molecule has 0 aliphatic heterocycles. The number of rotatable bonds is 0. The first kappa shape index (κ1) is 11.2. The summed E-state index contributed by atoms with van der Waals surface area (Å²) >= 11 is 0. The molecule has 1 rings (SSSR count). The SMILES string of the molecule is CC(C)(C)P=O.c1ccncc1. The van der Waals surface area contributed by atoms with Gasteiger partial charge in [0.25, 0.3) is 0 Å². The Morgan fingerprint density at radius 3 is 1.58 bits per heavy atom. The second-order valence-corrected chi connectivity index (χ2v) is 4.81. The van der Waals surface area contributed by atoms with E-state index >= 15 is 0 Å². The van der Waals surface area contributed by atoms with Gasteiger partial charge >= 0.3 is 0 Å². The fraction of sp³-hybridized carbons (Fsp3) is 0.444. The molecule has 0 aromatic carbocycles. The van der Waals surface area contributed by atoms with Crippen LogP contribution in [0.1, 0.15) is 20.8 Å². The van der Waals surface area contributed by atoms with Crippen LogP contribution in [0.5, 0.6) is 0 Å². The maximum atomic E-state index is 9.92. The molecule has 3 heteroatoms. The van der Waals surface area contributed by atoms with Gasteiger partial charge in [-0.1, -0.05) is 6.07 Å². The minimum Gasteiger partial charge on any atom is -0.274 e. The lowest BCUT2D eigenvalue weighted by atomic mass is 10.3. The van der Waals surface area contributed by atoms with Crippen molar-refractivity contribution in [2.45, 2.75) is 25.9 Å². The van der Waals surface area contributed by atoms with Crippen LogP contribution in [0.25, 0.3) is 0 Å². The molecular weight excluding hydrogens is 169 g/mol. The van der Waals surface area contributed by atoms with Crippen molar-refractivity contribution in [1.82, 2.24) is 4.98 Å². The van der Waals surface area contributed by atoms with Crippen molar-refractivity contribution in [3.05, 3.63) is 30.6 Å². The van der Waals surface area contributed by atoms with Gasteiger partial charge in [0.15, 0.2) is 8.46 Å². The van der Waals surface area contributed by atoms with Gasteiger partial charge in [0.05, 0.1) is 0 Å². The predicted octanol–water partition coefficient (Wildman–Crippen LogP) is 3.16. The van der Waals surface area contributed by atoms with Crippen LogP contribution >= 0.6 is 8.46 Å². The number of aromatic nitrogens is 1. The summed E-state index contributed by atoms with van der Waals surface area (Å²) in [6, 6.07) is 5.72. The molecule has 0 saturated carbocycles. The van der Waals surface area contributed by atoms with Gasteiger partial charge in [-0.3, -0.25) is 9.55 Å². The molecule has 12 heavy (non-hydrogen) atoms. The molecule has 0 N–H and O–H groups in total. The first-order chi connectivity index (χ1) is 5.56. The van der Waals surface area contributed by atoms with E-state index in [1.54, 1.807) is 12.4 Å². The van der Waals surface area contributed by atoms with Crippen LogP contribution in [-0.2, 0) is 4.57 Å². The van der Waals surface area contributed by atoms with Crippen LogP contribution in [0.15, 0.2) is 30.6 Å². The first-order valence-corrected chi connectivity index (χ1v) is 4.57. The van der Waals surface area contributed by atoms with Crippen LogP contribution in [-0.4, -0.2) is 10.1 Å². The quantitative estimate of drug-likeness (QED) is 0.578. The summed E-state index contributed by atoms with van der Waals surface area (Å²) in [7, 11) is 0.225. The lowest BCUT2D eigenvalue weighted by Gasteiger charge is -2.01. The van der Waals surface area contributed by atoms with E-state index in [1.807, 2.05) is 39.0 Å². The molecule has 2 nitrogen and oxygen atoms in total. The van der Waals surface area contributed by atoms with Gasteiger partial charge in [-0.15, -0.1) is 0 Å². The molecule has 0 bridgehead atoms. The van der Waals surface area contributed by atoms with Gasteiger partial charge in [-0.25, -0.2) is 0 Å². The number of nitrogens with zero attached hydrogens (tertiary/aromatic N) is 1. The third-order valence-corrected chi connectivity index (χ3v) is 1.39. The highest BCUT2D eigenvalue weighted by molar-refractivity contribution is 7.25. The van der Waals surface area contributed by atoms with E-state index in [9.17, 15) is 4.57 Å². The molecule has 0 unspecified atom stereocenters. The van der Waals surface area contributed by atoms with E-state index in [0.29, 0.717) is 0 Å². The van der Waals surface area contributed by atoms with Crippen LogP contribution in [0, 0.1) is 0 Å². The monoisotopic (exact) mass is 183 g/mol. The zero-order valence-electron chi connectivity index (χ0n) is 7.69. The lowest BCUT2D eigenvalue weighted by Crippen LogP contribution is -1.99. The van der Waals surface area contributed by atoms with Crippen molar-refractivity contribution < 1.29 is 4.57 Å². The van der Waals surface area contributed by atoms with E-state index in [-0.39, 0.29) is 13.6 Å². The molecule has 0 atom stereocenters. The highest BCUT2D eigenvalue weighted by atomic mass is 31.1. The predicted molar refractivity (Wildman–Crippen MR) is 51.6 cm³/mol. The molecule has 0 aliphatic rings. The Morgan fingerprint density at radius 2 is 1.50 bits per heavy atom. The van der Waals surface area contributed by atoms with Crippen molar-refractivity contribution in [1.29, 1.82) is 0 Å². The number of hydrogen-bond acceptors (Lipinski definition) is 2. The maximum absolute atomic E-state index is 9.92. The number of pyridine rings is 1. The second-order valence-electron chi connectivity index (χ2n) is 3.29. The molecule has 1 aromatic rings. The summed E-state index contributed by atoms with van der Waals surface area (Å²) in [4.78, 5) is 3.78. The average molecular weight is 183 g/mol. The van der Waals surface area contributed by atoms with E-state index in [0.717, 1.165) is 0 Å². The standard InChI is InChI=1S/C5H5N.C4H9OP/c1-2-4-6-5-3-1;1-4(2,3)6-5/h1-5H;1-3H3. The largest absolute Gasteiger partial charge is 0.274 e. The Morgan fingerprint density at radius 1 is 1.08 bits per heavy atom. The summed E-state index contributed by atoms with van der Waals surface area (Å²) < 4.78 is 9.92. The zero-order valence-corrected chi connectivity index (χ0v) is 8.58. The Bertz CT molecular complexity index is 179. The van der Waals surface area contributed by atoms with Crippen LogP contribution < -0.4 is 0 Å². The molecule has 0 radical (unpaired) electrons. The van der Waals surface area contributed by atoms with E-state index in [2.05, 4.69) is 4.98 Å². The van der Waals surface area contributed by atoms with Crippen molar-refractivity contribution >= 4 is 8.46 Å². The van der Waals surface area contributed by atoms with Gasteiger partial charge < -0.3 is 0 Å². The zero-order chi connectivity index (χ0) is 9.45. The van der Waals surface area contributed by atoms with Crippen molar-refractivity contribution in [2.75, 3.05) is 0 Å². The summed E-state index contributed by atoms with van der Waals surface area (Å²) in [6.45, 7) is 5.75. The smallest absolute Gasteiger partial charge is 0.161 e. The summed E-state index contributed by atoms with van der Waals surface area (Å²) in [5, 5.41) is -0.0417. The van der Waals surface area contributed by atoms with Gasteiger partial charge in [0.1, 0.15) is 0 Å². The van der Waals surface area contributed by atoms with Gasteiger partial charge in [0, 0.05) is 17.5 Å². The summed E-state index contributed by atoms with van der Waals surface area (Å²) in [5.74, 6) is 0. The molecule has 0 saturated heterocycles. The fourth-order valence-corrected chi connectivity index (χ4v) is 0.313. The third-order valence-electron chi connectivity index (χ3n) is 0.840. The molecule has 66 valence electrons. The first-order valence-electron chi connectivity index (χ1n) is 3.76. The molecule has 0 spiro atoms. The molecular formula is C9H14NOP. The minimum atomic E-state index is -0.0417. The highest BCUT2D eigenvalue weighted by Crippen LogP contribution is 2.18. The second kappa shape index (κ2) is 5.84.